The molecule has 0 radical (unpaired) electrons. The maximum absolute atomic E-state index is 12.5. The molecule has 1 aromatic rings. The van der Waals surface area contributed by atoms with Crippen LogP contribution in [0.25, 0.3) is 0 Å². The fourth-order valence-electron chi connectivity index (χ4n) is 2.24. The second-order valence-corrected chi connectivity index (χ2v) is 7.44. The number of nitrogens with zero attached hydrogens (tertiary/aromatic N) is 3. The summed E-state index contributed by atoms with van der Waals surface area (Å²) in [6, 6.07) is 7.94. The predicted octanol–water partition coefficient (Wildman–Crippen LogP) is 0.458. The van der Waals surface area contributed by atoms with Gasteiger partial charge in [0.25, 0.3) is 5.91 Å². The van der Waals surface area contributed by atoms with Gasteiger partial charge in [-0.15, -0.1) is 0 Å². The van der Waals surface area contributed by atoms with Crippen molar-refractivity contribution in [1.82, 2.24) is 9.21 Å². The first-order valence-corrected chi connectivity index (χ1v) is 9.31. The van der Waals surface area contributed by atoms with E-state index in [1.807, 2.05) is 6.07 Å². The molecule has 9 heteroatoms. The number of morpholine rings is 1. The van der Waals surface area contributed by atoms with E-state index >= 15 is 0 Å². The summed E-state index contributed by atoms with van der Waals surface area (Å²) >= 11 is 0. The van der Waals surface area contributed by atoms with Crippen molar-refractivity contribution in [3.63, 3.8) is 0 Å². The Morgan fingerprint density at radius 1 is 1.32 bits per heavy atom. The third-order valence-electron chi connectivity index (χ3n) is 3.78. The van der Waals surface area contributed by atoms with E-state index in [2.05, 4.69) is 0 Å². The molecule has 1 aromatic carbocycles. The van der Waals surface area contributed by atoms with Crippen molar-refractivity contribution in [2.75, 3.05) is 46.5 Å². The minimum atomic E-state index is -3.54. The van der Waals surface area contributed by atoms with Crippen LogP contribution in [0.1, 0.15) is 6.42 Å². The molecular formula is C16H21N3O5S. The van der Waals surface area contributed by atoms with E-state index in [0.29, 0.717) is 38.6 Å². The molecule has 0 aliphatic carbocycles. The highest BCUT2D eigenvalue weighted by atomic mass is 32.2. The van der Waals surface area contributed by atoms with E-state index in [1.165, 1.54) is 33.5 Å². The van der Waals surface area contributed by atoms with Crippen LogP contribution >= 0.6 is 0 Å². The molecule has 1 fully saturated rings. The quantitative estimate of drug-likeness (QED) is 0.694. The van der Waals surface area contributed by atoms with Gasteiger partial charge in [0.15, 0.2) is 6.61 Å². The lowest BCUT2D eigenvalue weighted by molar-refractivity contribution is -0.131. The zero-order chi connectivity index (χ0) is 18.3. The number of benzene rings is 1. The second kappa shape index (κ2) is 8.80. The van der Waals surface area contributed by atoms with Crippen molar-refractivity contribution in [3.8, 4) is 11.8 Å². The fraction of sp³-hybridized carbons (Fsp3) is 0.500. The van der Waals surface area contributed by atoms with Crippen molar-refractivity contribution in [1.29, 1.82) is 5.26 Å². The van der Waals surface area contributed by atoms with Gasteiger partial charge in [-0.3, -0.25) is 4.79 Å². The zero-order valence-corrected chi connectivity index (χ0v) is 14.9. The number of sulfonamides is 1. The number of amides is 1. The van der Waals surface area contributed by atoms with Crippen LogP contribution in [-0.4, -0.2) is 70.0 Å². The van der Waals surface area contributed by atoms with Gasteiger partial charge in [-0.25, -0.2) is 8.42 Å². The summed E-state index contributed by atoms with van der Waals surface area (Å²) in [5, 5.41) is 8.51. The Morgan fingerprint density at radius 2 is 1.96 bits per heavy atom. The van der Waals surface area contributed by atoms with Crippen LogP contribution in [0, 0.1) is 11.3 Å². The van der Waals surface area contributed by atoms with Gasteiger partial charge >= 0.3 is 0 Å². The van der Waals surface area contributed by atoms with Gasteiger partial charge in [-0.2, -0.15) is 9.57 Å². The molecule has 2 rings (SSSR count). The smallest absolute Gasteiger partial charge is 0.260 e. The number of hydrogen-bond acceptors (Lipinski definition) is 6. The lowest BCUT2D eigenvalue weighted by atomic mass is 10.3. The van der Waals surface area contributed by atoms with Crippen LogP contribution in [0.3, 0.4) is 0 Å². The summed E-state index contributed by atoms with van der Waals surface area (Å²) < 4.78 is 36.9. The highest BCUT2D eigenvalue weighted by Crippen LogP contribution is 2.20. The summed E-state index contributed by atoms with van der Waals surface area (Å²) in [6.45, 7) is 1.63. The molecule has 1 aliphatic heterocycles. The molecule has 0 atom stereocenters. The minimum Gasteiger partial charge on any atom is -0.484 e. The number of hydrogen-bond donors (Lipinski definition) is 0. The van der Waals surface area contributed by atoms with Gasteiger partial charge in [0.1, 0.15) is 5.75 Å². The average Bonchev–Trinajstić information content (AvgIpc) is 2.65. The number of carbonyl (C=O) groups excluding carboxylic acids is 1. The third-order valence-corrected chi connectivity index (χ3v) is 5.69. The number of likely N-dealkylation sites (N-methyl/N-ethyl adjacent to an activating group) is 1. The van der Waals surface area contributed by atoms with Crippen LogP contribution < -0.4 is 4.74 Å². The number of ether oxygens (including phenoxy) is 2. The molecule has 8 nitrogen and oxygen atoms in total. The topological polar surface area (TPSA) is 99.9 Å². The summed E-state index contributed by atoms with van der Waals surface area (Å²) in [7, 11) is -1.94. The highest BCUT2D eigenvalue weighted by Gasteiger charge is 2.26. The zero-order valence-electron chi connectivity index (χ0n) is 14.1. The van der Waals surface area contributed by atoms with Gasteiger partial charge < -0.3 is 14.4 Å². The van der Waals surface area contributed by atoms with Crippen LogP contribution in [0.15, 0.2) is 29.2 Å². The Balaban J connectivity index is 1.93. The lowest BCUT2D eigenvalue weighted by Gasteiger charge is -2.26. The minimum absolute atomic E-state index is 0.169. The van der Waals surface area contributed by atoms with Crippen molar-refractivity contribution in [2.24, 2.45) is 0 Å². The summed E-state index contributed by atoms with van der Waals surface area (Å²) in [6.07, 6.45) is 0.260. The van der Waals surface area contributed by atoms with Crippen molar-refractivity contribution in [2.45, 2.75) is 11.3 Å². The van der Waals surface area contributed by atoms with Crippen LogP contribution in [0.4, 0.5) is 0 Å². The van der Waals surface area contributed by atoms with Crippen molar-refractivity contribution >= 4 is 15.9 Å². The average molecular weight is 367 g/mol. The largest absolute Gasteiger partial charge is 0.484 e. The molecule has 1 aliphatic rings. The fourth-order valence-corrected chi connectivity index (χ4v) is 3.65. The summed E-state index contributed by atoms with van der Waals surface area (Å²) in [4.78, 5) is 13.4. The molecule has 1 amide bonds. The first-order valence-electron chi connectivity index (χ1n) is 7.87. The maximum atomic E-state index is 12.5. The van der Waals surface area contributed by atoms with E-state index in [4.69, 9.17) is 14.7 Å². The maximum Gasteiger partial charge on any atom is 0.260 e. The van der Waals surface area contributed by atoms with E-state index in [1.54, 1.807) is 7.05 Å². The Hall–Kier alpha value is -2.15. The molecular weight excluding hydrogens is 346 g/mol. The molecule has 0 bridgehead atoms. The Kier molecular flexibility index (Phi) is 6.75. The second-order valence-electron chi connectivity index (χ2n) is 5.50. The van der Waals surface area contributed by atoms with Crippen LogP contribution in [0.2, 0.25) is 0 Å². The van der Waals surface area contributed by atoms with E-state index in [0.717, 1.165) is 0 Å². The van der Waals surface area contributed by atoms with Gasteiger partial charge in [-0.1, -0.05) is 0 Å². The predicted molar refractivity (Wildman–Crippen MR) is 89.4 cm³/mol. The van der Waals surface area contributed by atoms with Gasteiger partial charge in [0.05, 0.1) is 30.6 Å². The summed E-state index contributed by atoms with van der Waals surface area (Å²) in [5.74, 6) is 0.156. The van der Waals surface area contributed by atoms with E-state index < -0.39 is 10.0 Å². The lowest BCUT2D eigenvalue weighted by Crippen LogP contribution is -2.40. The van der Waals surface area contributed by atoms with Crippen LogP contribution in [0.5, 0.6) is 5.75 Å². The first-order chi connectivity index (χ1) is 11.9. The third kappa shape index (κ3) is 5.16. The SMILES string of the molecule is CN(CCC#N)C(=O)COc1ccc(S(=O)(=O)N2CCOCC2)cc1. The van der Waals surface area contributed by atoms with Crippen LogP contribution in [-0.2, 0) is 19.6 Å². The van der Waals surface area contributed by atoms with E-state index in [-0.39, 0.29) is 23.8 Å². The Bertz CT molecular complexity index is 721. The first kappa shape index (κ1) is 19.2. The van der Waals surface area contributed by atoms with Gasteiger partial charge in [-0.05, 0) is 24.3 Å². The molecule has 1 heterocycles. The van der Waals surface area contributed by atoms with Crippen molar-refractivity contribution in [3.05, 3.63) is 24.3 Å². The molecule has 0 spiro atoms. The summed E-state index contributed by atoms with van der Waals surface area (Å²) in [5.41, 5.74) is 0. The highest BCUT2D eigenvalue weighted by molar-refractivity contribution is 7.89. The Labute approximate surface area is 147 Å². The van der Waals surface area contributed by atoms with Gasteiger partial charge in [0, 0.05) is 26.7 Å². The molecule has 0 saturated carbocycles. The van der Waals surface area contributed by atoms with E-state index in [9.17, 15) is 13.2 Å². The molecule has 136 valence electrons. The number of carbonyl (C=O) groups is 1. The van der Waals surface area contributed by atoms with Crippen molar-refractivity contribution < 1.29 is 22.7 Å². The number of nitriles is 1. The monoisotopic (exact) mass is 367 g/mol. The number of rotatable bonds is 7. The standard InChI is InChI=1S/C16H21N3O5S/c1-18(8-2-7-17)16(20)13-24-14-3-5-15(6-4-14)25(21,22)19-9-11-23-12-10-19/h3-6H,2,8-13H2,1H3. The molecule has 0 N–H and O–H groups in total. The Morgan fingerprint density at radius 3 is 2.56 bits per heavy atom. The van der Waals surface area contributed by atoms with Gasteiger partial charge in [0.2, 0.25) is 10.0 Å². The molecule has 0 aromatic heterocycles. The molecule has 1 saturated heterocycles. The normalized spacial score (nSPS) is 15.4. The molecule has 0 unspecified atom stereocenters. The molecule has 25 heavy (non-hydrogen) atoms.